The largest absolute Gasteiger partial charge is 0.496 e. The maximum Gasteiger partial charge on any atom is 0.192 e. The van der Waals surface area contributed by atoms with Crippen LogP contribution in [0, 0.1) is 0 Å². The van der Waals surface area contributed by atoms with Gasteiger partial charge in [0.1, 0.15) is 17.2 Å². The van der Waals surface area contributed by atoms with E-state index >= 15 is 0 Å². The van der Waals surface area contributed by atoms with Gasteiger partial charge in [0.2, 0.25) is 0 Å². The third kappa shape index (κ3) is 2.74. The molecule has 0 saturated carbocycles. The van der Waals surface area contributed by atoms with Crippen LogP contribution in [0.3, 0.4) is 0 Å². The Labute approximate surface area is 124 Å². The minimum atomic E-state index is -0.0428. The lowest BCUT2D eigenvalue weighted by molar-refractivity contribution is 0.326. The van der Waals surface area contributed by atoms with Gasteiger partial charge < -0.3 is 24.8 Å². The van der Waals surface area contributed by atoms with Gasteiger partial charge in [-0.05, 0) is 0 Å². The monoisotopic (exact) mass is 291 g/mol. The van der Waals surface area contributed by atoms with Crippen molar-refractivity contribution in [3.05, 3.63) is 30.4 Å². The van der Waals surface area contributed by atoms with E-state index in [1.54, 1.807) is 27.4 Å². The first-order valence-corrected chi connectivity index (χ1v) is 6.63. The highest BCUT2D eigenvalue weighted by Crippen LogP contribution is 2.41. The zero-order valence-electron chi connectivity index (χ0n) is 12.6. The van der Waals surface area contributed by atoms with Crippen LogP contribution in [0.1, 0.15) is 11.6 Å². The summed E-state index contributed by atoms with van der Waals surface area (Å²) in [7, 11) is 4.85. The Morgan fingerprint density at radius 3 is 2.38 bits per heavy atom. The van der Waals surface area contributed by atoms with Gasteiger partial charge in [-0.15, -0.1) is 6.58 Å². The maximum absolute atomic E-state index is 5.95. The molecule has 0 fully saturated rings. The highest BCUT2D eigenvalue weighted by atomic mass is 16.5. The summed E-state index contributed by atoms with van der Waals surface area (Å²) >= 11 is 0. The zero-order chi connectivity index (χ0) is 15.4. The topological polar surface area (TPSA) is 69.3 Å². The zero-order valence-corrected chi connectivity index (χ0v) is 12.6. The van der Waals surface area contributed by atoms with Gasteiger partial charge in [-0.1, -0.05) is 6.08 Å². The molecule has 0 bridgehead atoms. The first-order valence-electron chi connectivity index (χ1n) is 6.63. The first-order chi connectivity index (χ1) is 10.2. The average molecular weight is 291 g/mol. The van der Waals surface area contributed by atoms with E-state index in [0.717, 1.165) is 5.56 Å². The molecule has 0 aliphatic carbocycles. The number of hydrogen-bond donors (Lipinski definition) is 1. The van der Waals surface area contributed by atoms with Gasteiger partial charge in [0.15, 0.2) is 5.96 Å². The van der Waals surface area contributed by atoms with Crippen molar-refractivity contribution in [1.82, 2.24) is 4.90 Å². The van der Waals surface area contributed by atoms with Crippen LogP contribution in [0.5, 0.6) is 17.2 Å². The predicted molar refractivity (Wildman–Crippen MR) is 82.2 cm³/mol. The van der Waals surface area contributed by atoms with Crippen LogP contribution in [0.2, 0.25) is 0 Å². The molecule has 1 aliphatic rings. The molecule has 1 aromatic carbocycles. The number of benzene rings is 1. The van der Waals surface area contributed by atoms with Gasteiger partial charge in [-0.25, -0.2) is 0 Å². The Morgan fingerprint density at radius 2 is 1.90 bits per heavy atom. The number of aliphatic imine (C=N–C) groups is 1. The van der Waals surface area contributed by atoms with Crippen molar-refractivity contribution in [3.8, 4) is 17.2 Å². The van der Waals surface area contributed by atoms with Gasteiger partial charge in [0, 0.05) is 18.7 Å². The van der Waals surface area contributed by atoms with Crippen molar-refractivity contribution in [2.75, 3.05) is 34.4 Å². The van der Waals surface area contributed by atoms with Crippen LogP contribution in [-0.4, -0.2) is 45.3 Å². The van der Waals surface area contributed by atoms with Crippen molar-refractivity contribution < 1.29 is 14.2 Å². The lowest BCUT2D eigenvalue weighted by atomic mass is 10.0. The summed E-state index contributed by atoms with van der Waals surface area (Å²) in [6.45, 7) is 4.93. The molecule has 1 aromatic rings. The van der Waals surface area contributed by atoms with Crippen molar-refractivity contribution in [2.45, 2.75) is 6.04 Å². The van der Waals surface area contributed by atoms with Crippen LogP contribution in [0.4, 0.5) is 0 Å². The molecule has 0 saturated heterocycles. The molecule has 2 rings (SSSR count). The summed E-state index contributed by atoms with van der Waals surface area (Å²) < 4.78 is 16.3. The fourth-order valence-corrected chi connectivity index (χ4v) is 2.50. The summed E-state index contributed by atoms with van der Waals surface area (Å²) in [6.07, 6.45) is 1.79. The second-order valence-corrected chi connectivity index (χ2v) is 4.60. The molecule has 1 aliphatic heterocycles. The van der Waals surface area contributed by atoms with Crippen molar-refractivity contribution in [1.29, 1.82) is 0 Å². The summed E-state index contributed by atoms with van der Waals surface area (Å²) in [4.78, 5) is 6.29. The van der Waals surface area contributed by atoms with Crippen molar-refractivity contribution in [3.63, 3.8) is 0 Å². The van der Waals surface area contributed by atoms with E-state index < -0.39 is 0 Å². The fraction of sp³-hybridized carbons (Fsp3) is 0.400. The van der Waals surface area contributed by atoms with Crippen LogP contribution < -0.4 is 19.9 Å². The van der Waals surface area contributed by atoms with Crippen LogP contribution in [0.15, 0.2) is 29.8 Å². The van der Waals surface area contributed by atoms with Gasteiger partial charge in [0.05, 0.1) is 39.5 Å². The Balaban J connectivity index is 2.49. The fourth-order valence-electron chi connectivity index (χ4n) is 2.50. The molecule has 6 heteroatoms. The van der Waals surface area contributed by atoms with Gasteiger partial charge in [-0.2, -0.15) is 0 Å². The first kappa shape index (κ1) is 15.0. The third-order valence-electron chi connectivity index (χ3n) is 3.51. The SMILES string of the molecule is C=CCN1C(N)=NCC1c1c(OC)cc(OC)cc1OC. The molecule has 21 heavy (non-hydrogen) atoms. The van der Waals surface area contributed by atoms with E-state index in [4.69, 9.17) is 19.9 Å². The molecule has 0 amide bonds. The smallest absolute Gasteiger partial charge is 0.192 e. The summed E-state index contributed by atoms with van der Waals surface area (Å²) in [5, 5.41) is 0. The van der Waals surface area contributed by atoms with Crippen molar-refractivity contribution in [2.24, 2.45) is 10.7 Å². The molecule has 114 valence electrons. The van der Waals surface area contributed by atoms with Crippen LogP contribution in [0.25, 0.3) is 0 Å². The number of nitrogens with zero attached hydrogens (tertiary/aromatic N) is 2. The summed E-state index contributed by atoms with van der Waals surface area (Å²) in [5.74, 6) is 2.56. The lowest BCUT2D eigenvalue weighted by Crippen LogP contribution is -2.36. The maximum atomic E-state index is 5.95. The Bertz CT molecular complexity index is 532. The molecule has 0 aromatic heterocycles. The second kappa shape index (κ2) is 6.39. The Hall–Kier alpha value is -2.37. The number of guanidine groups is 1. The molecule has 1 unspecified atom stereocenters. The van der Waals surface area contributed by atoms with E-state index in [0.29, 0.717) is 36.3 Å². The standard InChI is InChI=1S/C15H21N3O3/c1-5-6-18-11(9-17-15(18)16)14-12(20-3)7-10(19-2)8-13(14)21-4/h5,7-8,11H,1,6,9H2,2-4H3,(H2,16,17). The van der Waals surface area contributed by atoms with Crippen molar-refractivity contribution >= 4 is 5.96 Å². The molecule has 6 nitrogen and oxygen atoms in total. The second-order valence-electron chi connectivity index (χ2n) is 4.60. The molecule has 0 spiro atoms. The highest BCUT2D eigenvalue weighted by molar-refractivity contribution is 5.81. The Kier molecular flexibility index (Phi) is 4.57. The minimum Gasteiger partial charge on any atom is -0.496 e. The van der Waals surface area contributed by atoms with E-state index in [1.807, 2.05) is 17.0 Å². The van der Waals surface area contributed by atoms with Crippen LogP contribution in [-0.2, 0) is 0 Å². The van der Waals surface area contributed by atoms with E-state index in [2.05, 4.69) is 11.6 Å². The van der Waals surface area contributed by atoms with Gasteiger partial charge in [-0.3, -0.25) is 4.99 Å². The van der Waals surface area contributed by atoms with Crippen LogP contribution >= 0.6 is 0 Å². The van der Waals surface area contributed by atoms with E-state index in [-0.39, 0.29) is 6.04 Å². The molecule has 0 radical (unpaired) electrons. The molecule has 1 heterocycles. The molecular formula is C15H21N3O3. The normalized spacial score (nSPS) is 17.4. The highest BCUT2D eigenvalue weighted by Gasteiger charge is 2.32. The number of hydrogen-bond acceptors (Lipinski definition) is 6. The van der Waals surface area contributed by atoms with E-state index in [1.165, 1.54) is 0 Å². The summed E-state index contributed by atoms with van der Waals surface area (Å²) in [5.41, 5.74) is 6.86. The van der Waals surface area contributed by atoms with Gasteiger partial charge >= 0.3 is 0 Å². The number of ether oxygens (including phenoxy) is 3. The number of rotatable bonds is 6. The van der Waals surface area contributed by atoms with Gasteiger partial charge in [0.25, 0.3) is 0 Å². The number of nitrogens with two attached hydrogens (primary N) is 1. The molecule has 2 N–H and O–H groups in total. The lowest BCUT2D eigenvalue weighted by Gasteiger charge is -2.28. The third-order valence-corrected chi connectivity index (χ3v) is 3.51. The van der Waals surface area contributed by atoms with E-state index in [9.17, 15) is 0 Å². The molecular weight excluding hydrogens is 270 g/mol. The average Bonchev–Trinajstić information content (AvgIpc) is 2.87. The summed E-state index contributed by atoms with van der Waals surface area (Å²) in [6, 6.07) is 3.62. The Morgan fingerprint density at radius 1 is 1.29 bits per heavy atom. The quantitative estimate of drug-likeness (QED) is 0.806. The number of methoxy groups -OCH3 is 3. The minimum absolute atomic E-state index is 0.0428. The molecule has 1 atom stereocenters. The predicted octanol–water partition coefficient (Wildman–Crippen LogP) is 1.57.